The lowest BCUT2D eigenvalue weighted by Crippen LogP contribution is -2.37. The number of aromatic nitrogens is 4. The predicted molar refractivity (Wildman–Crippen MR) is 73.5 cm³/mol. The first-order valence-corrected chi connectivity index (χ1v) is 6.63. The molecule has 0 saturated heterocycles. The number of nitrogens with one attached hydrogen (secondary N) is 2. The van der Waals surface area contributed by atoms with Gasteiger partial charge in [-0.3, -0.25) is 5.32 Å². The van der Waals surface area contributed by atoms with E-state index in [1.54, 1.807) is 30.7 Å². The van der Waals surface area contributed by atoms with Crippen LogP contribution in [0, 0.1) is 5.92 Å². The Kier molecular flexibility index (Phi) is 3.32. The maximum absolute atomic E-state index is 11.8. The predicted octanol–water partition coefficient (Wildman–Crippen LogP) is 1.58. The summed E-state index contributed by atoms with van der Waals surface area (Å²) in [6, 6.07) is 3.41. The van der Waals surface area contributed by atoms with Crippen molar-refractivity contribution in [1.29, 1.82) is 0 Å². The molecule has 1 atom stereocenters. The second-order valence-corrected chi connectivity index (χ2v) is 4.92. The van der Waals surface area contributed by atoms with Gasteiger partial charge in [0.05, 0.1) is 0 Å². The van der Waals surface area contributed by atoms with Gasteiger partial charge in [0.2, 0.25) is 5.95 Å². The number of amides is 2. The highest BCUT2D eigenvalue weighted by molar-refractivity contribution is 5.88. The second-order valence-electron chi connectivity index (χ2n) is 4.92. The summed E-state index contributed by atoms with van der Waals surface area (Å²) in [6.45, 7) is 2.02. The highest BCUT2D eigenvalue weighted by atomic mass is 16.2. The molecule has 1 aliphatic carbocycles. The van der Waals surface area contributed by atoms with Gasteiger partial charge in [0, 0.05) is 30.7 Å². The summed E-state index contributed by atoms with van der Waals surface area (Å²) in [7, 11) is 0. The minimum absolute atomic E-state index is 0.203. The van der Waals surface area contributed by atoms with E-state index in [9.17, 15) is 4.79 Å². The highest BCUT2D eigenvalue weighted by Crippen LogP contribution is 2.32. The van der Waals surface area contributed by atoms with Gasteiger partial charge in [0.1, 0.15) is 0 Å². The maximum Gasteiger partial charge on any atom is 0.320 e. The van der Waals surface area contributed by atoms with Crippen LogP contribution < -0.4 is 10.6 Å². The van der Waals surface area contributed by atoms with Crippen LogP contribution in [0.5, 0.6) is 0 Å². The van der Waals surface area contributed by atoms with Gasteiger partial charge in [0.15, 0.2) is 5.82 Å². The van der Waals surface area contributed by atoms with Crippen LogP contribution >= 0.6 is 0 Å². The molecule has 1 saturated carbocycles. The van der Waals surface area contributed by atoms with Crippen molar-refractivity contribution in [1.82, 2.24) is 25.1 Å². The third-order valence-electron chi connectivity index (χ3n) is 3.28. The molecule has 0 radical (unpaired) electrons. The third-order valence-corrected chi connectivity index (χ3v) is 3.28. The molecule has 104 valence electrons. The molecule has 0 bridgehead atoms. The molecule has 2 aromatic heterocycles. The molecule has 2 amide bonds. The lowest BCUT2D eigenvalue weighted by molar-refractivity contribution is 0.248. The van der Waals surface area contributed by atoms with Crippen molar-refractivity contribution in [2.75, 3.05) is 5.32 Å². The van der Waals surface area contributed by atoms with Crippen molar-refractivity contribution in [3.63, 3.8) is 0 Å². The standard InChI is InChI=1S/C13H16N6O/c1-9(10-3-4-10)16-13(20)17-11-5-8-19(18-11)12-14-6-2-7-15-12/h2,5-10H,3-4H2,1H3,(H2,16,17,18,20). The van der Waals surface area contributed by atoms with Gasteiger partial charge >= 0.3 is 6.03 Å². The Hall–Kier alpha value is -2.44. The van der Waals surface area contributed by atoms with Crippen LogP contribution in [0.3, 0.4) is 0 Å². The summed E-state index contributed by atoms with van der Waals surface area (Å²) < 4.78 is 1.51. The first-order chi connectivity index (χ1) is 9.72. The normalized spacial score (nSPS) is 15.7. The Bertz CT molecular complexity index is 592. The van der Waals surface area contributed by atoms with Crippen LogP contribution in [0.4, 0.5) is 10.6 Å². The third kappa shape index (κ3) is 2.93. The topological polar surface area (TPSA) is 84.7 Å². The molecule has 0 spiro atoms. The average Bonchev–Trinajstić information content (AvgIpc) is 3.21. The number of anilines is 1. The van der Waals surface area contributed by atoms with Crippen molar-refractivity contribution in [2.24, 2.45) is 5.92 Å². The van der Waals surface area contributed by atoms with Crippen LogP contribution in [-0.2, 0) is 0 Å². The smallest absolute Gasteiger partial charge is 0.320 e. The largest absolute Gasteiger partial charge is 0.335 e. The minimum atomic E-state index is -0.233. The number of hydrogen-bond donors (Lipinski definition) is 2. The molecule has 3 rings (SSSR count). The number of carbonyl (C=O) groups is 1. The Morgan fingerprint density at radius 1 is 1.40 bits per heavy atom. The highest BCUT2D eigenvalue weighted by Gasteiger charge is 2.28. The zero-order valence-corrected chi connectivity index (χ0v) is 11.2. The number of hydrogen-bond acceptors (Lipinski definition) is 4. The Labute approximate surface area is 116 Å². The van der Waals surface area contributed by atoms with E-state index < -0.39 is 0 Å². The molecule has 2 heterocycles. The molecular weight excluding hydrogens is 256 g/mol. The number of nitrogens with zero attached hydrogens (tertiary/aromatic N) is 4. The quantitative estimate of drug-likeness (QED) is 0.885. The molecule has 1 fully saturated rings. The van der Waals surface area contributed by atoms with Gasteiger partial charge in [-0.05, 0) is 31.7 Å². The minimum Gasteiger partial charge on any atom is -0.335 e. The van der Waals surface area contributed by atoms with E-state index in [0.29, 0.717) is 17.7 Å². The average molecular weight is 272 g/mol. The summed E-state index contributed by atoms with van der Waals surface area (Å²) in [5.41, 5.74) is 0. The molecule has 0 aromatic carbocycles. The number of rotatable bonds is 4. The van der Waals surface area contributed by atoms with E-state index in [1.165, 1.54) is 17.5 Å². The maximum atomic E-state index is 11.8. The molecule has 2 N–H and O–H groups in total. The van der Waals surface area contributed by atoms with Crippen molar-refractivity contribution >= 4 is 11.8 Å². The van der Waals surface area contributed by atoms with Crippen LogP contribution in [-0.4, -0.2) is 31.8 Å². The molecule has 7 heteroatoms. The molecule has 7 nitrogen and oxygen atoms in total. The lowest BCUT2D eigenvalue weighted by atomic mass is 10.2. The Morgan fingerprint density at radius 2 is 2.15 bits per heavy atom. The monoisotopic (exact) mass is 272 g/mol. The summed E-state index contributed by atoms with van der Waals surface area (Å²) in [4.78, 5) is 20.0. The van der Waals surface area contributed by atoms with Crippen LogP contribution in [0.1, 0.15) is 19.8 Å². The molecule has 0 aliphatic heterocycles. The molecule has 1 aliphatic rings. The molecular formula is C13H16N6O. The number of carbonyl (C=O) groups excluding carboxylic acids is 1. The molecule has 1 unspecified atom stereocenters. The van der Waals surface area contributed by atoms with E-state index in [4.69, 9.17) is 0 Å². The first-order valence-electron chi connectivity index (χ1n) is 6.63. The summed E-state index contributed by atoms with van der Waals surface area (Å²) >= 11 is 0. The fourth-order valence-electron chi connectivity index (χ4n) is 1.98. The van der Waals surface area contributed by atoms with Gasteiger partial charge < -0.3 is 5.32 Å². The van der Waals surface area contributed by atoms with Gasteiger partial charge in [-0.1, -0.05) is 0 Å². The Balaban J connectivity index is 1.61. The van der Waals surface area contributed by atoms with E-state index >= 15 is 0 Å². The number of urea groups is 1. The summed E-state index contributed by atoms with van der Waals surface area (Å²) in [5.74, 6) is 1.56. The van der Waals surface area contributed by atoms with Crippen molar-refractivity contribution in [3.8, 4) is 5.95 Å². The lowest BCUT2D eigenvalue weighted by Gasteiger charge is -2.12. The SMILES string of the molecule is CC(NC(=O)Nc1ccn(-c2ncccn2)n1)C1CC1. The fraction of sp³-hybridized carbons (Fsp3) is 0.385. The van der Waals surface area contributed by atoms with Crippen LogP contribution in [0.2, 0.25) is 0 Å². The van der Waals surface area contributed by atoms with Crippen LogP contribution in [0.25, 0.3) is 5.95 Å². The van der Waals surface area contributed by atoms with Crippen molar-refractivity contribution < 1.29 is 4.79 Å². The summed E-state index contributed by atoms with van der Waals surface area (Å²) in [5, 5.41) is 9.82. The van der Waals surface area contributed by atoms with Gasteiger partial charge in [-0.2, -0.15) is 0 Å². The van der Waals surface area contributed by atoms with Gasteiger partial charge in [-0.15, -0.1) is 5.10 Å². The van der Waals surface area contributed by atoms with E-state index in [1.807, 2.05) is 6.92 Å². The zero-order valence-electron chi connectivity index (χ0n) is 11.2. The second kappa shape index (κ2) is 5.28. The van der Waals surface area contributed by atoms with Gasteiger partial charge in [0.25, 0.3) is 0 Å². The van der Waals surface area contributed by atoms with Crippen molar-refractivity contribution in [2.45, 2.75) is 25.8 Å². The summed E-state index contributed by atoms with van der Waals surface area (Å²) in [6.07, 6.45) is 7.38. The van der Waals surface area contributed by atoms with E-state index in [-0.39, 0.29) is 12.1 Å². The van der Waals surface area contributed by atoms with Gasteiger partial charge in [-0.25, -0.2) is 19.4 Å². The zero-order chi connectivity index (χ0) is 13.9. The van der Waals surface area contributed by atoms with E-state index in [0.717, 1.165) is 0 Å². The fourth-order valence-corrected chi connectivity index (χ4v) is 1.98. The first kappa shape index (κ1) is 12.6. The van der Waals surface area contributed by atoms with Crippen LogP contribution in [0.15, 0.2) is 30.7 Å². The van der Waals surface area contributed by atoms with Crippen molar-refractivity contribution in [3.05, 3.63) is 30.7 Å². The van der Waals surface area contributed by atoms with E-state index in [2.05, 4.69) is 25.7 Å². The Morgan fingerprint density at radius 3 is 2.85 bits per heavy atom. The molecule has 2 aromatic rings. The molecule has 20 heavy (non-hydrogen) atoms.